The first-order chi connectivity index (χ1) is 12.5. The van der Waals surface area contributed by atoms with Crippen LogP contribution in [0.4, 0.5) is 4.39 Å². The number of rotatable bonds is 5. The standard InChI is InChI=1S/C18H15ClFN3O3/c19-15-8-13(20)7-6-12(15)9-21-16(24)10-22-11-17(25)23(18(22)26)14-4-2-1-3-5-14/h1-8,11,25H,9-10H2,(H,21,24). The second-order valence-electron chi connectivity index (χ2n) is 5.58. The molecule has 3 rings (SSSR count). The summed E-state index contributed by atoms with van der Waals surface area (Å²) in [5.74, 6) is -1.18. The van der Waals surface area contributed by atoms with Crippen molar-refractivity contribution in [3.05, 3.63) is 81.6 Å². The Kier molecular flexibility index (Phi) is 5.09. The second-order valence-corrected chi connectivity index (χ2v) is 5.99. The molecular weight excluding hydrogens is 361 g/mol. The largest absolute Gasteiger partial charge is 0.493 e. The van der Waals surface area contributed by atoms with Crippen LogP contribution in [0.2, 0.25) is 5.02 Å². The minimum absolute atomic E-state index is 0.0953. The predicted molar refractivity (Wildman–Crippen MR) is 95.0 cm³/mol. The molecule has 0 saturated heterocycles. The summed E-state index contributed by atoms with van der Waals surface area (Å²) >= 11 is 5.91. The Morgan fingerprint density at radius 1 is 1.19 bits per heavy atom. The molecule has 0 aliphatic rings. The zero-order valence-corrected chi connectivity index (χ0v) is 14.3. The monoisotopic (exact) mass is 375 g/mol. The molecule has 0 radical (unpaired) electrons. The van der Waals surface area contributed by atoms with E-state index in [1.54, 1.807) is 30.3 Å². The molecule has 0 atom stereocenters. The van der Waals surface area contributed by atoms with E-state index >= 15 is 0 Å². The quantitative estimate of drug-likeness (QED) is 0.719. The van der Waals surface area contributed by atoms with Gasteiger partial charge >= 0.3 is 5.69 Å². The molecule has 0 aliphatic heterocycles. The first-order valence-electron chi connectivity index (χ1n) is 7.73. The number of nitrogens with one attached hydrogen (secondary N) is 1. The van der Waals surface area contributed by atoms with Gasteiger partial charge in [0.2, 0.25) is 11.8 Å². The van der Waals surface area contributed by atoms with E-state index in [-0.39, 0.29) is 24.0 Å². The van der Waals surface area contributed by atoms with Crippen LogP contribution in [0.5, 0.6) is 5.88 Å². The van der Waals surface area contributed by atoms with E-state index in [4.69, 9.17) is 11.6 Å². The van der Waals surface area contributed by atoms with Crippen LogP contribution in [0.15, 0.2) is 59.5 Å². The van der Waals surface area contributed by atoms with Gasteiger partial charge in [0.1, 0.15) is 12.4 Å². The van der Waals surface area contributed by atoms with Crippen LogP contribution in [0, 0.1) is 5.82 Å². The van der Waals surface area contributed by atoms with Gasteiger partial charge in [-0.2, -0.15) is 0 Å². The fraction of sp³-hybridized carbons (Fsp3) is 0.111. The summed E-state index contributed by atoms with van der Waals surface area (Å²) < 4.78 is 15.2. The lowest BCUT2D eigenvalue weighted by Crippen LogP contribution is -2.32. The highest BCUT2D eigenvalue weighted by molar-refractivity contribution is 6.31. The summed E-state index contributed by atoms with van der Waals surface area (Å²) in [4.78, 5) is 24.5. The number of nitrogens with zero attached hydrogens (tertiary/aromatic N) is 2. The summed E-state index contributed by atoms with van der Waals surface area (Å²) in [5.41, 5.74) is 0.509. The number of halogens is 2. The third-order valence-electron chi connectivity index (χ3n) is 3.76. The fourth-order valence-corrected chi connectivity index (χ4v) is 2.72. The van der Waals surface area contributed by atoms with Gasteiger partial charge in [-0.3, -0.25) is 9.36 Å². The van der Waals surface area contributed by atoms with Crippen LogP contribution >= 0.6 is 11.6 Å². The second kappa shape index (κ2) is 7.45. The molecule has 1 heterocycles. The smallest absolute Gasteiger partial charge is 0.336 e. The molecule has 1 amide bonds. The SMILES string of the molecule is O=C(Cn1cc(O)n(-c2ccccc2)c1=O)NCc1ccc(F)cc1Cl. The first-order valence-corrected chi connectivity index (χ1v) is 8.10. The number of aromatic hydroxyl groups is 1. The molecule has 2 N–H and O–H groups in total. The van der Waals surface area contributed by atoms with Crippen molar-refractivity contribution in [3.63, 3.8) is 0 Å². The molecular formula is C18H15ClFN3O3. The van der Waals surface area contributed by atoms with Crippen molar-refractivity contribution in [2.24, 2.45) is 0 Å². The first kappa shape index (κ1) is 17.8. The topological polar surface area (TPSA) is 76.3 Å². The number of carbonyl (C=O) groups is 1. The van der Waals surface area contributed by atoms with Crippen LogP contribution in [-0.2, 0) is 17.9 Å². The minimum Gasteiger partial charge on any atom is -0.493 e. The van der Waals surface area contributed by atoms with Gasteiger partial charge < -0.3 is 10.4 Å². The lowest BCUT2D eigenvalue weighted by molar-refractivity contribution is -0.121. The average Bonchev–Trinajstić information content (AvgIpc) is 2.88. The van der Waals surface area contributed by atoms with E-state index < -0.39 is 17.4 Å². The molecule has 26 heavy (non-hydrogen) atoms. The van der Waals surface area contributed by atoms with Crippen LogP contribution in [0.25, 0.3) is 5.69 Å². The molecule has 0 saturated carbocycles. The molecule has 3 aromatic rings. The van der Waals surface area contributed by atoms with E-state index in [1.807, 2.05) is 0 Å². The van der Waals surface area contributed by atoms with Crippen molar-refractivity contribution in [3.8, 4) is 11.6 Å². The number of benzene rings is 2. The third kappa shape index (κ3) is 3.78. The molecule has 0 spiro atoms. The van der Waals surface area contributed by atoms with Crippen molar-refractivity contribution in [1.82, 2.24) is 14.5 Å². The van der Waals surface area contributed by atoms with Crippen molar-refractivity contribution in [1.29, 1.82) is 0 Å². The van der Waals surface area contributed by atoms with E-state index in [9.17, 15) is 19.1 Å². The van der Waals surface area contributed by atoms with Gasteiger partial charge in [0.05, 0.1) is 11.9 Å². The molecule has 0 unspecified atom stereocenters. The normalized spacial score (nSPS) is 10.7. The van der Waals surface area contributed by atoms with Gasteiger partial charge in [0.15, 0.2) is 0 Å². The maximum atomic E-state index is 13.0. The summed E-state index contributed by atoms with van der Waals surface area (Å²) in [7, 11) is 0. The van der Waals surface area contributed by atoms with E-state index in [0.717, 1.165) is 15.2 Å². The van der Waals surface area contributed by atoms with E-state index in [2.05, 4.69) is 5.32 Å². The summed E-state index contributed by atoms with van der Waals surface area (Å²) in [6.07, 6.45) is 1.19. The van der Waals surface area contributed by atoms with E-state index in [0.29, 0.717) is 11.3 Å². The molecule has 0 fully saturated rings. The van der Waals surface area contributed by atoms with Gasteiger partial charge in [0.25, 0.3) is 0 Å². The van der Waals surface area contributed by atoms with Crippen molar-refractivity contribution in [2.75, 3.05) is 0 Å². The zero-order chi connectivity index (χ0) is 18.7. The number of hydrogen-bond acceptors (Lipinski definition) is 3. The molecule has 134 valence electrons. The number of carbonyl (C=O) groups excluding carboxylic acids is 1. The molecule has 8 heteroatoms. The van der Waals surface area contributed by atoms with Crippen LogP contribution in [0.3, 0.4) is 0 Å². The lowest BCUT2D eigenvalue weighted by atomic mass is 10.2. The Bertz CT molecular complexity index is 999. The molecule has 0 aliphatic carbocycles. The number of imidazole rings is 1. The highest BCUT2D eigenvalue weighted by Gasteiger charge is 2.14. The highest BCUT2D eigenvalue weighted by Crippen LogP contribution is 2.17. The van der Waals surface area contributed by atoms with Crippen LogP contribution in [0.1, 0.15) is 5.56 Å². The summed E-state index contributed by atoms with van der Waals surface area (Å²) in [5, 5.41) is 12.8. The number of hydrogen-bond donors (Lipinski definition) is 2. The zero-order valence-electron chi connectivity index (χ0n) is 13.5. The highest BCUT2D eigenvalue weighted by atomic mass is 35.5. The Balaban J connectivity index is 1.71. The van der Waals surface area contributed by atoms with Gasteiger partial charge in [-0.05, 0) is 29.8 Å². The number of aromatic nitrogens is 2. The van der Waals surface area contributed by atoms with E-state index in [1.165, 1.54) is 18.3 Å². The van der Waals surface area contributed by atoms with Gasteiger partial charge in [-0.25, -0.2) is 13.8 Å². The molecule has 6 nitrogen and oxygen atoms in total. The van der Waals surface area contributed by atoms with Crippen LogP contribution in [-0.4, -0.2) is 20.1 Å². The summed E-state index contributed by atoms with van der Waals surface area (Å²) in [6.45, 7) is -0.177. The number of amides is 1. The predicted octanol–water partition coefficient (Wildman–Crippen LogP) is 2.45. The Hall–Kier alpha value is -3.06. The molecule has 1 aromatic heterocycles. The minimum atomic E-state index is -0.538. The maximum Gasteiger partial charge on any atom is 0.336 e. The average molecular weight is 376 g/mol. The van der Waals surface area contributed by atoms with Crippen LogP contribution < -0.4 is 11.0 Å². The molecule has 0 bridgehead atoms. The lowest BCUT2D eigenvalue weighted by Gasteiger charge is -2.07. The van der Waals surface area contributed by atoms with Crippen molar-refractivity contribution < 1.29 is 14.3 Å². The Morgan fingerprint density at radius 2 is 1.92 bits per heavy atom. The van der Waals surface area contributed by atoms with Gasteiger partial charge in [-0.1, -0.05) is 35.9 Å². The Labute approximate surface area is 153 Å². The number of para-hydroxylation sites is 1. The van der Waals surface area contributed by atoms with Crippen molar-refractivity contribution >= 4 is 17.5 Å². The van der Waals surface area contributed by atoms with Gasteiger partial charge in [-0.15, -0.1) is 0 Å². The molecule has 2 aromatic carbocycles. The fourth-order valence-electron chi connectivity index (χ4n) is 2.48. The Morgan fingerprint density at radius 3 is 2.62 bits per heavy atom. The van der Waals surface area contributed by atoms with Crippen molar-refractivity contribution in [2.45, 2.75) is 13.1 Å². The van der Waals surface area contributed by atoms with Gasteiger partial charge in [0, 0.05) is 11.6 Å². The third-order valence-corrected chi connectivity index (χ3v) is 4.11. The maximum absolute atomic E-state index is 13.0. The summed E-state index contributed by atoms with van der Waals surface area (Å²) in [6, 6.07) is 12.5.